The van der Waals surface area contributed by atoms with Crippen molar-refractivity contribution in [2.24, 2.45) is 0 Å². The van der Waals surface area contributed by atoms with Crippen LogP contribution in [-0.4, -0.2) is 52.0 Å². The topological polar surface area (TPSA) is 56.7 Å². The fourth-order valence-corrected chi connectivity index (χ4v) is 3.51. The van der Waals surface area contributed by atoms with E-state index in [9.17, 15) is 9.90 Å². The molecule has 0 saturated carbocycles. The third-order valence-corrected chi connectivity index (χ3v) is 4.93. The number of hydrogen-bond donors (Lipinski definition) is 1. The largest absolute Gasteiger partial charge is 0.480 e. The maximum Gasteiger partial charge on any atom is 0.325 e. The Balaban J connectivity index is 1.69. The molecule has 1 N–H and O–H groups in total. The van der Waals surface area contributed by atoms with Crippen LogP contribution >= 0.6 is 11.6 Å². The average Bonchev–Trinajstić information content (AvgIpc) is 2.60. The van der Waals surface area contributed by atoms with Crippen LogP contribution in [0.25, 0.3) is 0 Å². The maximum absolute atomic E-state index is 11.9. The first kappa shape index (κ1) is 17.9. The highest BCUT2D eigenvalue weighted by atomic mass is 35.5. The van der Waals surface area contributed by atoms with Crippen molar-refractivity contribution in [3.8, 4) is 0 Å². The predicted molar refractivity (Wildman–Crippen MR) is 97.7 cm³/mol. The Hall–Kier alpha value is -1.95. The minimum Gasteiger partial charge on any atom is -0.480 e. The van der Waals surface area contributed by atoms with Crippen LogP contribution < -0.4 is 0 Å². The summed E-state index contributed by atoms with van der Waals surface area (Å²) in [5.74, 6) is -0.854. The summed E-state index contributed by atoms with van der Waals surface area (Å²) < 4.78 is 0. The molecule has 0 amide bonds. The van der Waals surface area contributed by atoms with Gasteiger partial charge in [-0.1, -0.05) is 35.4 Å². The van der Waals surface area contributed by atoms with Gasteiger partial charge in [0, 0.05) is 50.1 Å². The Morgan fingerprint density at radius 2 is 2.04 bits per heavy atom. The number of aryl methyl sites for hydroxylation is 1. The van der Waals surface area contributed by atoms with Gasteiger partial charge in [-0.15, -0.1) is 0 Å². The first-order valence-electron chi connectivity index (χ1n) is 8.39. The normalized spacial score (nSPS) is 17.4. The number of carboxylic acids is 1. The lowest BCUT2D eigenvalue weighted by molar-refractivity contribution is -0.144. The zero-order valence-electron chi connectivity index (χ0n) is 14.2. The van der Waals surface area contributed by atoms with Crippen LogP contribution in [0.15, 0.2) is 42.7 Å². The van der Waals surface area contributed by atoms with E-state index >= 15 is 0 Å². The molecule has 5 nitrogen and oxygen atoms in total. The molecule has 1 aromatic carbocycles. The molecule has 6 heteroatoms. The van der Waals surface area contributed by atoms with Crippen LogP contribution in [0.2, 0.25) is 5.02 Å². The van der Waals surface area contributed by atoms with E-state index in [1.807, 2.05) is 36.2 Å². The van der Waals surface area contributed by atoms with E-state index in [1.165, 1.54) is 5.56 Å². The number of benzene rings is 1. The van der Waals surface area contributed by atoms with Gasteiger partial charge in [-0.2, -0.15) is 0 Å². The summed E-state index contributed by atoms with van der Waals surface area (Å²) in [6, 6.07) is 8.85. The molecule has 0 bridgehead atoms. The Morgan fingerprint density at radius 3 is 2.68 bits per heavy atom. The van der Waals surface area contributed by atoms with Gasteiger partial charge in [0.1, 0.15) is 6.04 Å². The van der Waals surface area contributed by atoms with Gasteiger partial charge >= 0.3 is 5.97 Å². The smallest absolute Gasteiger partial charge is 0.325 e. The van der Waals surface area contributed by atoms with Gasteiger partial charge in [-0.25, -0.2) is 0 Å². The number of aromatic nitrogens is 1. The van der Waals surface area contributed by atoms with Crippen LogP contribution in [0, 0.1) is 6.92 Å². The molecule has 3 rings (SSSR count). The molecule has 0 spiro atoms. The van der Waals surface area contributed by atoms with Crippen LogP contribution in [0.3, 0.4) is 0 Å². The molecule has 1 aliphatic rings. The summed E-state index contributed by atoms with van der Waals surface area (Å²) >= 11 is 6.28. The fourth-order valence-electron chi connectivity index (χ4n) is 3.29. The van der Waals surface area contributed by atoms with E-state index in [1.54, 1.807) is 12.3 Å². The first-order chi connectivity index (χ1) is 12.0. The van der Waals surface area contributed by atoms with Crippen LogP contribution in [-0.2, 0) is 11.3 Å². The molecule has 1 saturated heterocycles. The van der Waals surface area contributed by atoms with Crippen molar-refractivity contribution in [3.63, 3.8) is 0 Å². The monoisotopic (exact) mass is 359 g/mol. The summed E-state index contributed by atoms with van der Waals surface area (Å²) in [7, 11) is 0. The van der Waals surface area contributed by atoms with Gasteiger partial charge in [0.2, 0.25) is 0 Å². The number of carboxylic acid groups (broad SMARTS) is 1. The van der Waals surface area contributed by atoms with Crippen molar-refractivity contribution in [2.75, 3.05) is 26.2 Å². The van der Waals surface area contributed by atoms with Crippen LogP contribution in [0.4, 0.5) is 0 Å². The van der Waals surface area contributed by atoms with Gasteiger partial charge in [0.15, 0.2) is 0 Å². The summed E-state index contributed by atoms with van der Waals surface area (Å²) in [6.45, 7) is 5.82. The van der Waals surface area contributed by atoms with Crippen molar-refractivity contribution in [3.05, 3.63) is 64.4 Å². The van der Waals surface area contributed by atoms with Gasteiger partial charge in [0.25, 0.3) is 0 Å². The number of halogens is 1. The Kier molecular flexibility index (Phi) is 5.68. The summed E-state index contributed by atoms with van der Waals surface area (Å²) in [5, 5.41) is 10.3. The van der Waals surface area contributed by atoms with Crippen molar-refractivity contribution < 1.29 is 9.90 Å². The lowest BCUT2D eigenvalue weighted by Crippen LogP contribution is -2.48. The summed E-state index contributed by atoms with van der Waals surface area (Å²) in [6.07, 6.45) is 3.64. The molecular formula is C19H22ClN3O2. The van der Waals surface area contributed by atoms with Crippen molar-refractivity contribution in [1.82, 2.24) is 14.8 Å². The van der Waals surface area contributed by atoms with E-state index in [4.69, 9.17) is 11.6 Å². The maximum atomic E-state index is 11.9. The number of carbonyl (C=O) groups is 1. The van der Waals surface area contributed by atoms with Crippen LogP contribution in [0.1, 0.15) is 22.7 Å². The lowest BCUT2D eigenvalue weighted by Gasteiger charge is -2.38. The Labute approximate surface area is 152 Å². The lowest BCUT2D eigenvalue weighted by atomic mass is 10.0. The number of nitrogens with zero attached hydrogens (tertiary/aromatic N) is 3. The zero-order valence-corrected chi connectivity index (χ0v) is 15.0. The number of hydrogen-bond acceptors (Lipinski definition) is 4. The highest BCUT2D eigenvalue weighted by Crippen LogP contribution is 2.30. The highest BCUT2D eigenvalue weighted by molar-refractivity contribution is 6.31. The molecule has 1 aromatic heterocycles. The molecule has 1 aliphatic heterocycles. The molecule has 0 radical (unpaired) electrons. The Bertz CT molecular complexity index is 731. The van der Waals surface area contributed by atoms with Crippen LogP contribution in [0.5, 0.6) is 0 Å². The first-order valence-corrected chi connectivity index (χ1v) is 8.76. The minimum absolute atomic E-state index is 0.510. The third kappa shape index (κ3) is 4.37. The second-order valence-electron chi connectivity index (χ2n) is 6.44. The molecule has 1 fully saturated rings. The van der Waals surface area contributed by atoms with E-state index in [2.05, 4.69) is 16.0 Å². The van der Waals surface area contributed by atoms with Gasteiger partial charge < -0.3 is 5.11 Å². The average molecular weight is 360 g/mol. The van der Waals surface area contributed by atoms with Gasteiger partial charge in [-0.3, -0.25) is 19.6 Å². The van der Waals surface area contributed by atoms with Crippen molar-refractivity contribution in [2.45, 2.75) is 19.5 Å². The van der Waals surface area contributed by atoms with E-state index < -0.39 is 12.0 Å². The predicted octanol–water partition coefficient (Wildman–Crippen LogP) is 2.99. The molecule has 2 aromatic rings. The van der Waals surface area contributed by atoms with E-state index in [-0.39, 0.29) is 0 Å². The molecule has 1 atom stereocenters. The molecule has 25 heavy (non-hydrogen) atoms. The molecule has 0 aliphatic carbocycles. The Morgan fingerprint density at radius 1 is 1.28 bits per heavy atom. The summed E-state index contributed by atoms with van der Waals surface area (Å²) in [4.78, 5) is 20.4. The van der Waals surface area contributed by atoms with Crippen molar-refractivity contribution >= 4 is 17.6 Å². The number of piperazine rings is 1. The standard InChI is InChI=1S/C19H22ClN3O2/c1-14-4-5-17(20)16(11-14)18(19(24)25)23-9-7-22(8-10-23)13-15-3-2-6-21-12-15/h2-6,11-12,18H,7-10,13H2,1H3,(H,24,25)/t18-/m0/s1. The fraction of sp³-hybridized carbons (Fsp3) is 0.368. The molecule has 2 heterocycles. The number of pyridine rings is 1. The highest BCUT2D eigenvalue weighted by Gasteiger charge is 2.31. The second-order valence-corrected chi connectivity index (χ2v) is 6.85. The second kappa shape index (κ2) is 7.95. The number of rotatable bonds is 5. The molecule has 0 unspecified atom stereocenters. The SMILES string of the molecule is Cc1ccc(Cl)c([C@@H](C(=O)O)N2CCN(Cc3cccnc3)CC2)c1. The van der Waals surface area contributed by atoms with Crippen molar-refractivity contribution in [1.29, 1.82) is 0 Å². The minimum atomic E-state index is -0.854. The summed E-state index contributed by atoms with van der Waals surface area (Å²) in [5.41, 5.74) is 2.86. The van der Waals surface area contributed by atoms with Gasteiger partial charge in [0.05, 0.1) is 0 Å². The zero-order chi connectivity index (χ0) is 17.8. The quantitative estimate of drug-likeness (QED) is 0.889. The van der Waals surface area contributed by atoms with E-state index in [0.29, 0.717) is 23.7 Å². The number of aliphatic carboxylic acids is 1. The molecule has 132 valence electrons. The van der Waals surface area contributed by atoms with E-state index in [0.717, 1.165) is 25.2 Å². The molecular weight excluding hydrogens is 338 g/mol. The van der Waals surface area contributed by atoms with Gasteiger partial charge in [-0.05, 0) is 30.2 Å². The third-order valence-electron chi connectivity index (χ3n) is 4.58.